The van der Waals surface area contributed by atoms with Gasteiger partial charge in [-0.05, 0) is 26.8 Å². The zero-order chi connectivity index (χ0) is 12.1. The third kappa shape index (κ3) is 3.20. The molecule has 1 aliphatic heterocycles. The van der Waals surface area contributed by atoms with Crippen molar-refractivity contribution >= 4 is 11.8 Å². The first-order valence-electron chi connectivity index (χ1n) is 5.81. The van der Waals surface area contributed by atoms with E-state index in [1.54, 1.807) is 7.05 Å². The minimum absolute atomic E-state index is 0.0134. The molecular formula is C11H21N3O2. The van der Waals surface area contributed by atoms with Crippen LogP contribution < -0.4 is 10.6 Å². The maximum absolute atomic E-state index is 12.0. The number of likely N-dealkylation sites (N-methyl/N-ethyl adjacent to an activating group) is 2. The number of rotatable bonds is 4. The van der Waals surface area contributed by atoms with Gasteiger partial charge in [0.1, 0.15) is 0 Å². The molecule has 0 bridgehead atoms. The maximum atomic E-state index is 12.0. The summed E-state index contributed by atoms with van der Waals surface area (Å²) in [4.78, 5) is 24.8. The van der Waals surface area contributed by atoms with Crippen LogP contribution in [0.2, 0.25) is 0 Å². The molecule has 0 aromatic heterocycles. The van der Waals surface area contributed by atoms with E-state index in [0.717, 1.165) is 13.0 Å². The lowest BCUT2D eigenvalue weighted by molar-refractivity contribution is -0.138. The summed E-state index contributed by atoms with van der Waals surface area (Å²) in [5.74, 6) is -0.0276. The number of carbonyl (C=O) groups is 2. The Morgan fingerprint density at radius 1 is 1.50 bits per heavy atom. The van der Waals surface area contributed by atoms with E-state index in [4.69, 9.17) is 0 Å². The molecule has 1 rings (SSSR count). The summed E-state index contributed by atoms with van der Waals surface area (Å²) in [6.45, 7) is 5.50. The number of hydrogen-bond donors (Lipinski definition) is 2. The number of amides is 2. The van der Waals surface area contributed by atoms with E-state index in [0.29, 0.717) is 6.54 Å². The third-order valence-corrected chi connectivity index (χ3v) is 2.97. The van der Waals surface area contributed by atoms with E-state index < -0.39 is 0 Å². The predicted octanol–water partition coefficient (Wildman–Crippen LogP) is -0.421. The summed E-state index contributed by atoms with van der Waals surface area (Å²) in [5.41, 5.74) is 0. The van der Waals surface area contributed by atoms with Crippen LogP contribution in [-0.4, -0.2) is 49.4 Å². The number of nitrogens with zero attached hydrogens (tertiary/aromatic N) is 1. The molecule has 0 aromatic carbocycles. The monoisotopic (exact) mass is 227 g/mol. The molecule has 1 fully saturated rings. The Bertz CT molecular complexity index is 268. The van der Waals surface area contributed by atoms with Crippen molar-refractivity contribution in [1.29, 1.82) is 0 Å². The van der Waals surface area contributed by atoms with Crippen LogP contribution in [0.3, 0.4) is 0 Å². The van der Waals surface area contributed by atoms with Crippen LogP contribution in [0.4, 0.5) is 0 Å². The van der Waals surface area contributed by atoms with Crippen molar-refractivity contribution in [2.75, 3.05) is 26.7 Å². The quantitative estimate of drug-likeness (QED) is 0.685. The number of hydrogen-bond acceptors (Lipinski definition) is 3. The molecule has 1 aliphatic rings. The Hall–Kier alpha value is -1.10. The molecule has 0 radical (unpaired) electrons. The van der Waals surface area contributed by atoms with Gasteiger partial charge in [-0.3, -0.25) is 9.59 Å². The fourth-order valence-corrected chi connectivity index (χ4v) is 2.03. The minimum atomic E-state index is -0.100. The van der Waals surface area contributed by atoms with Gasteiger partial charge in [-0.1, -0.05) is 0 Å². The summed E-state index contributed by atoms with van der Waals surface area (Å²) in [6, 6.07) is 0.212. The van der Waals surface area contributed by atoms with Gasteiger partial charge in [-0.15, -0.1) is 0 Å². The van der Waals surface area contributed by atoms with Crippen LogP contribution in [0.5, 0.6) is 0 Å². The van der Waals surface area contributed by atoms with Crippen molar-refractivity contribution in [2.45, 2.75) is 26.3 Å². The Labute approximate surface area is 96.6 Å². The molecule has 16 heavy (non-hydrogen) atoms. The van der Waals surface area contributed by atoms with Gasteiger partial charge in [0.05, 0.1) is 12.5 Å². The van der Waals surface area contributed by atoms with Gasteiger partial charge >= 0.3 is 0 Å². The van der Waals surface area contributed by atoms with Gasteiger partial charge in [0.2, 0.25) is 11.8 Å². The molecule has 1 heterocycles. The minimum Gasteiger partial charge on any atom is -0.355 e. The average Bonchev–Trinajstić information content (AvgIpc) is 2.63. The molecule has 1 saturated heterocycles. The van der Waals surface area contributed by atoms with Crippen LogP contribution >= 0.6 is 0 Å². The van der Waals surface area contributed by atoms with Gasteiger partial charge in [0.15, 0.2) is 0 Å². The van der Waals surface area contributed by atoms with Crippen LogP contribution in [0.25, 0.3) is 0 Å². The van der Waals surface area contributed by atoms with E-state index in [-0.39, 0.29) is 30.3 Å². The molecule has 5 nitrogen and oxygen atoms in total. The Morgan fingerprint density at radius 2 is 2.19 bits per heavy atom. The first-order valence-corrected chi connectivity index (χ1v) is 5.81. The zero-order valence-corrected chi connectivity index (χ0v) is 10.2. The summed E-state index contributed by atoms with van der Waals surface area (Å²) in [5, 5.41) is 5.92. The first-order chi connectivity index (χ1) is 7.56. The molecule has 0 spiro atoms. The van der Waals surface area contributed by atoms with E-state index in [2.05, 4.69) is 10.6 Å². The lowest BCUT2D eigenvalue weighted by Gasteiger charge is -2.22. The lowest BCUT2D eigenvalue weighted by Crippen LogP contribution is -2.43. The maximum Gasteiger partial charge on any atom is 0.239 e. The second-order valence-electron chi connectivity index (χ2n) is 4.29. The molecule has 0 aromatic rings. The van der Waals surface area contributed by atoms with Crippen molar-refractivity contribution in [3.8, 4) is 0 Å². The van der Waals surface area contributed by atoms with Crippen molar-refractivity contribution in [1.82, 2.24) is 15.5 Å². The van der Waals surface area contributed by atoms with E-state index >= 15 is 0 Å². The molecule has 2 amide bonds. The zero-order valence-electron chi connectivity index (χ0n) is 10.2. The molecule has 2 atom stereocenters. The molecule has 0 aliphatic carbocycles. The van der Waals surface area contributed by atoms with Gasteiger partial charge in [-0.25, -0.2) is 0 Å². The highest BCUT2D eigenvalue weighted by Gasteiger charge is 2.31. The molecular weight excluding hydrogens is 206 g/mol. The molecule has 2 unspecified atom stereocenters. The predicted molar refractivity (Wildman–Crippen MR) is 61.9 cm³/mol. The van der Waals surface area contributed by atoms with Gasteiger partial charge in [0.25, 0.3) is 0 Å². The van der Waals surface area contributed by atoms with E-state index in [1.807, 2.05) is 13.8 Å². The van der Waals surface area contributed by atoms with Gasteiger partial charge < -0.3 is 15.5 Å². The van der Waals surface area contributed by atoms with E-state index in [1.165, 1.54) is 4.90 Å². The number of nitrogens with one attached hydrogen (secondary N) is 2. The molecule has 5 heteroatoms. The van der Waals surface area contributed by atoms with Gasteiger partial charge in [0, 0.05) is 19.6 Å². The van der Waals surface area contributed by atoms with Crippen molar-refractivity contribution in [2.24, 2.45) is 5.92 Å². The Kier molecular flexibility index (Phi) is 4.73. The smallest absolute Gasteiger partial charge is 0.239 e. The van der Waals surface area contributed by atoms with Gasteiger partial charge in [-0.2, -0.15) is 0 Å². The van der Waals surface area contributed by atoms with Crippen LogP contribution in [0, 0.1) is 5.92 Å². The SMILES string of the molecule is CCNC(=O)CN(C)C(=O)C1CCNC1C. The molecule has 92 valence electrons. The normalized spacial score (nSPS) is 24.2. The summed E-state index contributed by atoms with van der Waals surface area (Å²) >= 11 is 0. The largest absolute Gasteiger partial charge is 0.355 e. The summed E-state index contributed by atoms with van der Waals surface area (Å²) in [6.07, 6.45) is 0.861. The van der Waals surface area contributed by atoms with Crippen molar-refractivity contribution in [3.05, 3.63) is 0 Å². The van der Waals surface area contributed by atoms with E-state index in [9.17, 15) is 9.59 Å². The molecule has 2 N–H and O–H groups in total. The third-order valence-electron chi connectivity index (χ3n) is 2.97. The van der Waals surface area contributed by atoms with Crippen LogP contribution in [0.1, 0.15) is 20.3 Å². The topological polar surface area (TPSA) is 61.4 Å². The second kappa shape index (κ2) is 5.84. The molecule has 0 saturated carbocycles. The summed E-state index contributed by atoms with van der Waals surface area (Å²) < 4.78 is 0. The second-order valence-corrected chi connectivity index (χ2v) is 4.29. The summed E-state index contributed by atoms with van der Waals surface area (Å²) in [7, 11) is 1.68. The standard InChI is InChI=1S/C11H21N3O2/c1-4-12-10(15)7-14(3)11(16)9-5-6-13-8(9)2/h8-9,13H,4-7H2,1-3H3,(H,12,15). The van der Waals surface area contributed by atoms with Crippen LogP contribution in [0.15, 0.2) is 0 Å². The van der Waals surface area contributed by atoms with Crippen molar-refractivity contribution in [3.63, 3.8) is 0 Å². The highest BCUT2D eigenvalue weighted by molar-refractivity contribution is 5.86. The average molecular weight is 227 g/mol. The highest BCUT2D eigenvalue weighted by Crippen LogP contribution is 2.17. The fraction of sp³-hybridized carbons (Fsp3) is 0.818. The number of carbonyl (C=O) groups excluding carboxylic acids is 2. The Morgan fingerprint density at radius 3 is 2.69 bits per heavy atom. The first kappa shape index (κ1) is 13.0. The lowest BCUT2D eigenvalue weighted by atomic mass is 10.0. The highest BCUT2D eigenvalue weighted by atomic mass is 16.2. The Balaban J connectivity index is 2.44. The fourth-order valence-electron chi connectivity index (χ4n) is 2.03. The van der Waals surface area contributed by atoms with Crippen LogP contribution in [-0.2, 0) is 9.59 Å². The van der Waals surface area contributed by atoms with Crippen molar-refractivity contribution < 1.29 is 9.59 Å².